The highest BCUT2D eigenvalue weighted by atomic mass is 32.1. The number of carbonyl (C=O) groups is 1. The van der Waals surface area contributed by atoms with Gasteiger partial charge in [-0.2, -0.15) is 0 Å². The predicted molar refractivity (Wildman–Crippen MR) is 37.7 cm³/mol. The summed E-state index contributed by atoms with van der Waals surface area (Å²) in [5.74, 6) is 0.215. The summed E-state index contributed by atoms with van der Waals surface area (Å²) in [5, 5.41) is 2.23. The van der Waals surface area contributed by atoms with Gasteiger partial charge in [0, 0.05) is 6.42 Å². The summed E-state index contributed by atoms with van der Waals surface area (Å²) in [5.41, 5.74) is 0. The predicted octanol–water partition coefficient (Wildman–Crippen LogP) is 1.21. The van der Waals surface area contributed by atoms with Crippen molar-refractivity contribution in [3.8, 4) is 0 Å². The van der Waals surface area contributed by atoms with Crippen LogP contribution in [0.1, 0.15) is 19.3 Å². The topological polar surface area (TPSA) is 29.4 Å². The number of aliphatic imine (C=N–C) groups is 1. The van der Waals surface area contributed by atoms with Gasteiger partial charge < -0.3 is 0 Å². The molecule has 3 heteroatoms. The van der Waals surface area contributed by atoms with Crippen LogP contribution in [0.4, 0.5) is 0 Å². The van der Waals surface area contributed by atoms with E-state index < -0.39 is 0 Å². The van der Waals surface area contributed by atoms with E-state index in [4.69, 9.17) is 0 Å². The van der Waals surface area contributed by atoms with E-state index in [1.807, 2.05) is 0 Å². The molecule has 1 unspecified atom stereocenters. The molecule has 0 aromatic carbocycles. The minimum atomic E-state index is -0.150. The molecule has 0 N–H and O–H groups in total. The fourth-order valence-electron chi connectivity index (χ4n) is 0.997. The van der Waals surface area contributed by atoms with Gasteiger partial charge in [-0.15, -0.1) is 0 Å². The number of thiocarbonyl (C=S) groups is 1. The fraction of sp³-hybridized carbons (Fsp3) is 0.667. The molecule has 0 amide bonds. The van der Waals surface area contributed by atoms with Crippen molar-refractivity contribution in [3.05, 3.63) is 0 Å². The SMILES string of the molecule is O=C1CCCC1N=C=S. The fourth-order valence-corrected chi connectivity index (χ4v) is 1.12. The normalized spacial score (nSPS) is 25.8. The van der Waals surface area contributed by atoms with E-state index in [1.165, 1.54) is 0 Å². The highest BCUT2D eigenvalue weighted by molar-refractivity contribution is 7.78. The Balaban J connectivity index is 2.59. The molecule has 1 fully saturated rings. The summed E-state index contributed by atoms with van der Waals surface area (Å²) in [6.45, 7) is 0. The van der Waals surface area contributed by atoms with Crippen LogP contribution in [0.5, 0.6) is 0 Å². The van der Waals surface area contributed by atoms with Crippen LogP contribution < -0.4 is 0 Å². The molecule has 1 atom stereocenters. The summed E-state index contributed by atoms with van der Waals surface area (Å²) < 4.78 is 0. The molecule has 1 aliphatic carbocycles. The zero-order chi connectivity index (χ0) is 6.69. The first kappa shape index (κ1) is 6.59. The Morgan fingerprint density at radius 2 is 2.56 bits per heavy atom. The molecule has 1 aliphatic rings. The number of hydrogen-bond acceptors (Lipinski definition) is 3. The molecule has 0 heterocycles. The van der Waals surface area contributed by atoms with Gasteiger partial charge in [0.05, 0.1) is 5.16 Å². The number of ketones is 1. The van der Waals surface area contributed by atoms with Gasteiger partial charge in [-0.3, -0.25) is 4.79 Å². The van der Waals surface area contributed by atoms with Crippen LogP contribution in [-0.2, 0) is 4.79 Å². The molecule has 1 rings (SSSR count). The van der Waals surface area contributed by atoms with Crippen LogP contribution in [0, 0.1) is 0 Å². The largest absolute Gasteiger partial charge is 0.297 e. The third-order valence-corrected chi connectivity index (χ3v) is 1.59. The lowest BCUT2D eigenvalue weighted by Gasteiger charge is -1.93. The van der Waals surface area contributed by atoms with Crippen molar-refractivity contribution in [2.45, 2.75) is 25.3 Å². The maximum atomic E-state index is 10.8. The van der Waals surface area contributed by atoms with E-state index in [-0.39, 0.29) is 11.8 Å². The summed E-state index contributed by atoms with van der Waals surface area (Å²) in [4.78, 5) is 14.5. The maximum absolute atomic E-state index is 10.8. The lowest BCUT2D eigenvalue weighted by atomic mass is 10.2. The second-order valence-corrected chi connectivity index (χ2v) is 2.28. The minimum absolute atomic E-state index is 0.150. The van der Waals surface area contributed by atoms with E-state index in [0.717, 1.165) is 12.8 Å². The summed E-state index contributed by atoms with van der Waals surface area (Å²) in [6.07, 6.45) is 2.50. The Hall–Kier alpha value is -0.530. The molecule has 0 aromatic heterocycles. The third kappa shape index (κ3) is 1.44. The van der Waals surface area contributed by atoms with Crippen molar-refractivity contribution < 1.29 is 4.79 Å². The monoisotopic (exact) mass is 141 g/mol. The molecule has 9 heavy (non-hydrogen) atoms. The molecular formula is C6H7NOS. The molecule has 2 nitrogen and oxygen atoms in total. The Bertz CT molecular complexity index is 172. The van der Waals surface area contributed by atoms with E-state index >= 15 is 0 Å². The third-order valence-electron chi connectivity index (χ3n) is 1.48. The number of nitrogens with zero attached hydrogens (tertiary/aromatic N) is 1. The molecule has 0 bridgehead atoms. The van der Waals surface area contributed by atoms with Crippen LogP contribution in [0.2, 0.25) is 0 Å². The summed E-state index contributed by atoms with van der Waals surface area (Å²) >= 11 is 4.37. The van der Waals surface area contributed by atoms with Crippen molar-refractivity contribution in [1.29, 1.82) is 0 Å². The van der Waals surface area contributed by atoms with Crippen molar-refractivity contribution in [2.24, 2.45) is 4.99 Å². The van der Waals surface area contributed by atoms with Crippen LogP contribution in [-0.4, -0.2) is 17.0 Å². The first-order valence-electron chi connectivity index (χ1n) is 2.94. The average Bonchev–Trinajstić information content (AvgIpc) is 2.18. The number of rotatable bonds is 1. The summed E-state index contributed by atoms with van der Waals surface area (Å²) in [7, 11) is 0. The van der Waals surface area contributed by atoms with Crippen molar-refractivity contribution in [3.63, 3.8) is 0 Å². The van der Waals surface area contributed by atoms with Crippen molar-refractivity contribution >= 4 is 23.2 Å². The van der Waals surface area contributed by atoms with Crippen molar-refractivity contribution in [1.82, 2.24) is 0 Å². The number of isothiocyanates is 1. The Kier molecular flexibility index (Phi) is 2.09. The van der Waals surface area contributed by atoms with Crippen LogP contribution in [0.3, 0.4) is 0 Å². The van der Waals surface area contributed by atoms with Crippen LogP contribution in [0.25, 0.3) is 0 Å². The molecule has 0 aromatic rings. The zero-order valence-corrected chi connectivity index (χ0v) is 5.78. The number of carbonyl (C=O) groups excluding carboxylic acids is 1. The van der Waals surface area contributed by atoms with Gasteiger partial charge in [-0.05, 0) is 25.1 Å². The van der Waals surface area contributed by atoms with Gasteiger partial charge in [0.15, 0.2) is 5.78 Å². The smallest absolute Gasteiger partial charge is 0.158 e. The van der Waals surface area contributed by atoms with E-state index in [9.17, 15) is 4.79 Å². The van der Waals surface area contributed by atoms with Crippen molar-refractivity contribution in [2.75, 3.05) is 0 Å². The highest BCUT2D eigenvalue weighted by Crippen LogP contribution is 2.16. The number of Topliss-reactive ketones (excluding diaryl/α,β-unsaturated/α-hetero) is 1. The maximum Gasteiger partial charge on any atom is 0.158 e. The molecule has 0 aliphatic heterocycles. The van der Waals surface area contributed by atoms with Gasteiger partial charge in [0.2, 0.25) is 0 Å². The molecule has 0 saturated heterocycles. The van der Waals surface area contributed by atoms with Gasteiger partial charge in [0.25, 0.3) is 0 Å². The standard InChI is InChI=1S/C6H7NOS/c8-6-3-1-2-5(6)7-4-9/h5H,1-3H2. The molecule has 1 saturated carbocycles. The molecule has 0 spiro atoms. The summed E-state index contributed by atoms with van der Waals surface area (Å²) in [6, 6.07) is -0.150. The first-order valence-corrected chi connectivity index (χ1v) is 3.35. The average molecular weight is 141 g/mol. The lowest BCUT2D eigenvalue weighted by Crippen LogP contribution is -2.08. The Morgan fingerprint density at radius 1 is 1.78 bits per heavy atom. The molecule has 0 radical (unpaired) electrons. The molecular weight excluding hydrogens is 134 g/mol. The van der Waals surface area contributed by atoms with Crippen LogP contribution >= 0.6 is 12.2 Å². The van der Waals surface area contributed by atoms with Gasteiger partial charge in [0.1, 0.15) is 6.04 Å². The second-order valence-electron chi connectivity index (χ2n) is 2.09. The van der Waals surface area contributed by atoms with Crippen LogP contribution in [0.15, 0.2) is 4.99 Å². The Morgan fingerprint density at radius 3 is 3.00 bits per heavy atom. The Labute approximate surface area is 59.0 Å². The van der Waals surface area contributed by atoms with Gasteiger partial charge in [-0.1, -0.05) is 0 Å². The zero-order valence-electron chi connectivity index (χ0n) is 4.96. The minimum Gasteiger partial charge on any atom is -0.297 e. The second kappa shape index (κ2) is 2.85. The van der Waals surface area contributed by atoms with Gasteiger partial charge in [-0.25, -0.2) is 4.99 Å². The molecule has 48 valence electrons. The highest BCUT2D eigenvalue weighted by Gasteiger charge is 2.22. The first-order chi connectivity index (χ1) is 4.34. The number of hydrogen-bond donors (Lipinski definition) is 0. The van der Waals surface area contributed by atoms with Gasteiger partial charge >= 0.3 is 0 Å². The van der Waals surface area contributed by atoms with E-state index in [0.29, 0.717) is 6.42 Å². The van der Waals surface area contributed by atoms with E-state index in [2.05, 4.69) is 22.4 Å². The quantitative estimate of drug-likeness (QED) is 0.406. The van der Waals surface area contributed by atoms with E-state index in [1.54, 1.807) is 0 Å². The lowest BCUT2D eigenvalue weighted by molar-refractivity contribution is -0.118.